The maximum absolute atomic E-state index is 11.1. The van der Waals surface area contributed by atoms with E-state index in [4.69, 9.17) is 5.73 Å². The Labute approximate surface area is 90.2 Å². The molecule has 1 aromatic heterocycles. The van der Waals surface area contributed by atoms with Crippen LogP contribution in [0.4, 0.5) is 5.82 Å². The van der Waals surface area contributed by atoms with E-state index < -0.39 is 0 Å². The summed E-state index contributed by atoms with van der Waals surface area (Å²) in [5.41, 5.74) is 5.17. The number of hydrogen-bond acceptors (Lipinski definition) is 4. The largest absolute Gasteiger partial charge is 0.369 e. The van der Waals surface area contributed by atoms with Gasteiger partial charge in [-0.05, 0) is 35.3 Å². The van der Waals surface area contributed by atoms with Gasteiger partial charge in [0, 0.05) is 6.54 Å². The van der Waals surface area contributed by atoms with Crippen LogP contribution < -0.4 is 16.6 Å². The summed E-state index contributed by atoms with van der Waals surface area (Å²) in [7, 11) is 0. The molecule has 4 N–H and O–H groups in total. The van der Waals surface area contributed by atoms with Crippen LogP contribution in [-0.4, -0.2) is 23.1 Å². The Morgan fingerprint density at radius 2 is 2.36 bits per heavy atom. The SMILES string of the molecule is NCCCCNc1nc[nH]c(=O)c1Br. The van der Waals surface area contributed by atoms with Gasteiger partial charge in [-0.15, -0.1) is 0 Å². The molecule has 14 heavy (non-hydrogen) atoms. The number of aromatic nitrogens is 2. The molecule has 0 spiro atoms. The van der Waals surface area contributed by atoms with E-state index in [1.54, 1.807) is 0 Å². The van der Waals surface area contributed by atoms with Crippen LogP contribution in [0.25, 0.3) is 0 Å². The molecule has 1 heterocycles. The quantitative estimate of drug-likeness (QED) is 0.681. The molecule has 0 fully saturated rings. The third-order valence-corrected chi connectivity index (χ3v) is 2.46. The third kappa shape index (κ3) is 3.12. The molecule has 0 atom stereocenters. The van der Waals surface area contributed by atoms with Crippen LogP contribution in [0, 0.1) is 0 Å². The molecule has 78 valence electrons. The van der Waals surface area contributed by atoms with E-state index in [0.29, 0.717) is 16.8 Å². The smallest absolute Gasteiger partial charge is 0.267 e. The zero-order valence-corrected chi connectivity index (χ0v) is 9.30. The fourth-order valence-electron chi connectivity index (χ4n) is 0.982. The number of nitrogens with one attached hydrogen (secondary N) is 2. The standard InChI is InChI=1S/C8H13BrN4O/c9-6-7(11-4-2-1-3-10)12-5-13-8(6)14/h5H,1-4,10H2,(H2,11,12,13,14). The number of nitrogens with zero attached hydrogens (tertiary/aromatic N) is 1. The molecule has 0 unspecified atom stereocenters. The van der Waals surface area contributed by atoms with E-state index in [-0.39, 0.29) is 5.56 Å². The molecule has 0 bridgehead atoms. The molecule has 0 saturated heterocycles. The van der Waals surface area contributed by atoms with Crippen molar-refractivity contribution in [1.29, 1.82) is 0 Å². The number of rotatable bonds is 5. The van der Waals surface area contributed by atoms with Gasteiger partial charge < -0.3 is 16.0 Å². The van der Waals surface area contributed by atoms with Gasteiger partial charge in [0.1, 0.15) is 10.3 Å². The maximum atomic E-state index is 11.1. The van der Waals surface area contributed by atoms with Gasteiger partial charge in [-0.2, -0.15) is 0 Å². The average Bonchev–Trinajstić information content (AvgIpc) is 2.19. The van der Waals surface area contributed by atoms with Crippen molar-refractivity contribution in [3.63, 3.8) is 0 Å². The van der Waals surface area contributed by atoms with E-state index in [2.05, 4.69) is 31.2 Å². The van der Waals surface area contributed by atoms with Crippen molar-refractivity contribution >= 4 is 21.7 Å². The lowest BCUT2D eigenvalue weighted by molar-refractivity contribution is 0.771. The van der Waals surface area contributed by atoms with Gasteiger partial charge in [0.25, 0.3) is 5.56 Å². The second kappa shape index (κ2) is 5.77. The van der Waals surface area contributed by atoms with Gasteiger partial charge >= 0.3 is 0 Å². The van der Waals surface area contributed by atoms with Gasteiger partial charge in [-0.25, -0.2) is 4.98 Å². The summed E-state index contributed by atoms with van der Waals surface area (Å²) < 4.78 is 0.438. The third-order valence-electron chi connectivity index (χ3n) is 1.72. The molecule has 0 radical (unpaired) electrons. The Morgan fingerprint density at radius 3 is 3.07 bits per heavy atom. The number of nitrogens with two attached hydrogens (primary N) is 1. The fraction of sp³-hybridized carbons (Fsp3) is 0.500. The summed E-state index contributed by atoms with van der Waals surface area (Å²) >= 11 is 3.16. The Balaban J connectivity index is 2.51. The predicted octanol–water partition coefficient (Wildman–Crippen LogP) is 0.683. The molecule has 1 aromatic rings. The minimum Gasteiger partial charge on any atom is -0.369 e. The van der Waals surface area contributed by atoms with Gasteiger partial charge in [-0.3, -0.25) is 4.79 Å². The number of unbranched alkanes of at least 4 members (excludes halogenated alkanes) is 1. The van der Waals surface area contributed by atoms with Gasteiger partial charge in [0.2, 0.25) is 0 Å². The minimum absolute atomic E-state index is 0.179. The van der Waals surface area contributed by atoms with Crippen molar-refractivity contribution in [3.05, 3.63) is 21.2 Å². The molecule has 0 aliphatic heterocycles. The fourth-order valence-corrected chi connectivity index (χ4v) is 1.34. The van der Waals surface area contributed by atoms with E-state index in [1.807, 2.05) is 0 Å². The second-order valence-electron chi connectivity index (χ2n) is 2.82. The molecule has 0 aromatic carbocycles. The van der Waals surface area contributed by atoms with Crippen molar-refractivity contribution in [3.8, 4) is 0 Å². The Hall–Kier alpha value is -0.880. The lowest BCUT2D eigenvalue weighted by Gasteiger charge is -2.05. The van der Waals surface area contributed by atoms with Crippen LogP contribution in [0.15, 0.2) is 15.6 Å². The van der Waals surface area contributed by atoms with Crippen LogP contribution in [-0.2, 0) is 0 Å². The molecular formula is C8H13BrN4O. The van der Waals surface area contributed by atoms with Crippen LogP contribution >= 0.6 is 15.9 Å². The molecule has 5 nitrogen and oxygen atoms in total. The predicted molar refractivity (Wildman–Crippen MR) is 59.3 cm³/mol. The molecule has 0 aliphatic carbocycles. The first-order chi connectivity index (χ1) is 6.75. The van der Waals surface area contributed by atoms with Gasteiger partial charge in [0.15, 0.2) is 0 Å². The van der Waals surface area contributed by atoms with E-state index in [9.17, 15) is 4.79 Å². The lowest BCUT2D eigenvalue weighted by Crippen LogP contribution is -2.13. The highest BCUT2D eigenvalue weighted by Crippen LogP contribution is 2.12. The summed E-state index contributed by atoms with van der Waals surface area (Å²) in [6.45, 7) is 1.46. The van der Waals surface area contributed by atoms with Crippen LogP contribution in [0.1, 0.15) is 12.8 Å². The molecule has 0 saturated carbocycles. The topological polar surface area (TPSA) is 83.8 Å². The Kier molecular flexibility index (Phi) is 4.61. The van der Waals surface area contributed by atoms with Crippen molar-refractivity contribution in [2.45, 2.75) is 12.8 Å². The molecule has 1 rings (SSSR count). The summed E-state index contributed by atoms with van der Waals surface area (Å²) in [4.78, 5) is 17.6. The van der Waals surface area contributed by atoms with Gasteiger partial charge in [0.05, 0.1) is 6.33 Å². The number of H-pyrrole nitrogens is 1. The van der Waals surface area contributed by atoms with Crippen LogP contribution in [0.5, 0.6) is 0 Å². The minimum atomic E-state index is -0.179. The lowest BCUT2D eigenvalue weighted by atomic mass is 10.3. The Bertz CT molecular complexity index is 338. The van der Waals surface area contributed by atoms with Crippen molar-refractivity contribution < 1.29 is 0 Å². The highest BCUT2D eigenvalue weighted by atomic mass is 79.9. The van der Waals surface area contributed by atoms with E-state index >= 15 is 0 Å². The highest BCUT2D eigenvalue weighted by molar-refractivity contribution is 9.10. The first-order valence-corrected chi connectivity index (χ1v) is 5.22. The van der Waals surface area contributed by atoms with Crippen LogP contribution in [0.2, 0.25) is 0 Å². The van der Waals surface area contributed by atoms with Crippen LogP contribution in [0.3, 0.4) is 0 Å². The Morgan fingerprint density at radius 1 is 1.57 bits per heavy atom. The summed E-state index contributed by atoms with van der Waals surface area (Å²) in [5.74, 6) is 0.575. The zero-order valence-electron chi connectivity index (χ0n) is 7.72. The van der Waals surface area contributed by atoms with E-state index in [0.717, 1.165) is 19.4 Å². The first-order valence-electron chi connectivity index (χ1n) is 4.43. The number of aromatic amines is 1. The average molecular weight is 261 g/mol. The monoisotopic (exact) mass is 260 g/mol. The van der Waals surface area contributed by atoms with E-state index in [1.165, 1.54) is 6.33 Å². The van der Waals surface area contributed by atoms with Gasteiger partial charge in [-0.1, -0.05) is 0 Å². The normalized spacial score (nSPS) is 10.1. The first kappa shape index (κ1) is 11.2. The molecule has 0 aliphatic rings. The number of hydrogen-bond donors (Lipinski definition) is 3. The summed E-state index contributed by atoms with van der Waals surface area (Å²) in [5, 5.41) is 3.06. The number of halogens is 1. The van der Waals surface area contributed by atoms with Crippen molar-refractivity contribution in [2.75, 3.05) is 18.4 Å². The summed E-state index contributed by atoms with van der Waals surface area (Å²) in [6.07, 6.45) is 3.31. The second-order valence-corrected chi connectivity index (χ2v) is 3.61. The molecule has 0 amide bonds. The zero-order chi connectivity index (χ0) is 10.4. The van der Waals surface area contributed by atoms with Crippen molar-refractivity contribution in [1.82, 2.24) is 9.97 Å². The highest BCUT2D eigenvalue weighted by Gasteiger charge is 2.03. The molecule has 6 heteroatoms. The maximum Gasteiger partial charge on any atom is 0.267 e. The number of anilines is 1. The molecular weight excluding hydrogens is 248 g/mol. The van der Waals surface area contributed by atoms with Crippen molar-refractivity contribution in [2.24, 2.45) is 5.73 Å². The summed E-state index contributed by atoms with van der Waals surface area (Å²) in [6, 6.07) is 0.